The largest absolute Gasteiger partial charge is 0.450 e. The van der Waals surface area contributed by atoms with E-state index < -0.39 is 0 Å². The molecule has 2 aromatic carbocycles. The average Bonchev–Trinajstić information content (AvgIpc) is 2.74. The molecular formula is C22H27N3O3. The smallest absolute Gasteiger partial charge is 0.409 e. The van der Waals surface area contributed by atoms with E-state index >= 15 is 0 Å². The molecule has 148 valence electrons. The van der Waals surface area contributed by atoms with Crippen LogP contribution < -0.4 is 5.32 Å². The Morgan fingerprint density at radius 1 is 0.929 bits per heavy atom. The Morgan fingerprint density at radius 3 is 1.96 bits per heavy atom. The van der Waals surface area contributed by atoms with Crippen LogP contribution in [0.1, 0.15) is 24.1 Å². The first-order chi connectivity index (χ1) is 13.7. The lowest BCUT2D eigenvalue weighted by Crippen LogP contribution is -2.51. The van der Waals surface area contributed by atoms with Gasteiger partial charge in [-0.05, 0) is 18.1 Å². The van der Waals surface area contributed by atoms with Gasteiger partial charge in [0.25, 0.3) is 0 Å². The number of nitrogens with zero attached hydrogens (tertiary/aromatic N) is 2. The van der Waals surface area contributed by atoms with Crippen molar-refractivity contribution in [3.05, 3.63) is 71.8 Å². The molecule has 0 aliphatic carbocycles. The van der Waals surface area contributed by atoms with Crippen LogP contribution in [0.3, 0.4) is 0 Å². The first kappa shape index (κ1) is 19.9. The Bertz CT molecular complexity index is 720. The van der Waals surface area contributed by atoms with Crippen LogP contribution >= 0.6 is 0 Å². The number of hydrogen-bond donors (Lipinski definition) is 1. The minimum Gasteiger partial charge on any atom is -0.450 e. The van der Waals surface area contributed by atoms with E-state index in [1.807, 2.05) is 60.7 Å². The summed E-state index contributed by atoms with van der Waals surface area (Å²) in [5.74, 6) is -0.0257. The average molecular weight is 381 g/mol. The molecule has 0 bridgehead atoms. The summed E-state index contributed by atoms with van der Waals surface area (Å²) in [5, 5.41) is 3.17. The molecule has 0 atom stereocenters. The summed E-state index contributed by atoms with van der Waals surface area (Å²) in [6, 6.07) is 19.8. The van der Waals surface area contributed by atoms with Crippen LogP contribution in [0.4, 0.5) is 4.79 Å². The van der Waals surface area contributed by atoms with Gasteiger partial charge >= 0.3 is 6.09 Å². The molecule has 3 rings (SSSR count). The number of amides is 2. The fourth-order valence-electron chi connectivity index (χ4n) is 3.36. The Hall–Kier alpha value is -2.86. The molecule has 1 fully saturated rings. The molecule has 1 aliphatic rings. The molecule has 0 saturated carbocycles. The predicted molar refractivity (Wildman–Crippen MR) is 108 cm³/mol. The summed E-state index contributed by atoms with van der Waals surface area (Å²) >= 11 is 0. The normalized spacial score (nSPS) is 14.7. The lowest BCUT2D eigenvalue weighted by molar-refractivity contribution is -0.123. The van der Waals surface area contributed by atoms with Crippen molar-refractivity contribution in [1.82, 2.24) is 15.1 Å². The van der Waals surface area contributed by atoms with Crippen LogP contribution in [0.2, 0.25) is 0 Å². The third-order valence-corrected chi connectivity index (χ3v) is 4.84. The second-order valence-corrected chi connectivity index (χ2v) is 6.78. The summed E-state index contributed by atoms with van der Waals surface area (Å²) in [6.07, 6.45) is -0.278. The van der Waals surface area contributed by atoms with Crippen LogP contribution in [0.25, 0.3) is 0 Å². The van der Waals surface area contributed by atoms with E-state index in [0.717, 1.165) is 11.1 Å². The zero-order valence-electron chi connectivity index (χ0n) is 16.2. The molecule has 2 amide bonds. The maximum Gasteiger partial charge on any atom is 0.409 e. The second-order valence-electron chi connectivity index (χ2n) is 6.78. The van der Waals surface area contributed by atoms with Gasteiger partial charge in [-0.1, -0.05) is 60.7 Å². The van der Waals surface area contributed by atoms with Crippen molar-refractivity contribution in [2.45, 2.75) is 13.0 Å². The zero-order valence-corrected chi connectivity index (χ0v) is 16.2. The molecule has 1 heterocycles. The number of carbonyl (C=O) groups is 2. The van der Waals surface area contributed by atoms with Crippen molar-refractivity contribution in [3.8, 4) is 0 Å². The summed E-state index contributed by atoms with van der Waals surface area (Å²) in [6.45, 7) is 4.96. The summed E-state index contributed by atoms with van der Waals surface area (Å²) in [4.78, 5) is 28.3. The predicted octanol–water partition coefficient (Wildman–Crippen LogP) is 2.67. The Morgan fingerprint density at radius 2 is 1.46 bits per heavy atom. The van der Waals surface area contributed by atoms with Gasteiger partial charge in [0, 0.05) is 26.2 Å². The molecule has 1 N–H and O–H groups in total. The maximum atomic E-state index is 12.7. The van der Waals surface area contributed by atoms with Gasteiger partial charge in [0.1, 0.15) is 0 Å². The van der Waals surface area contributed by atoms with Gasteiger partial charge in [-0.25, -0.2) is 4.79 Å². The number of hydrogen-bond acceptors (Lipinski definition) is 4. The SMILES string of the molecule is CCOC(=O)N1CCN(CC(=O)NC(c2ccccc2)c2ccccc2)CC1. The monoisotopic (exact) mass is 381 g/mol. The van der Waals surface area contributed by atoms with E-state index in [9.17, 15) is 9.59 Å². The summed E-state index contributed by atoms with van der Waals surface area (Å²) in [5.41, 5.74) is 2.10. The van der Waals surface area contributed by atoms with Gasteiger partial charge in [0.05, 0.1) is 19.2 Å². The van der Waals surface area contributed by atoms with Crippen LogP contribution in [-0.2, 0) is 9.53 Å². The summed E-state index contributed by atoms with van der Waals surface area (Å²) in [7, 11) is 0. The van der Waals surface area contributed by atoms with E-state index in [-0.39, 0.29) is 18.0 Å². The van der Waals surface area contributed by atoms with E-state index in [1.165, 1.54) is 0 Å². The van der Waals surface area contributed by atoms with Crippen molar-refractivity contribution in [1.29, 1.82) is 0 Å². The number of piperazine rings is 1. The standard InChI is InChI=1S/C22H27N3O3/c1-2-28-22(27)25-15-13-24(14-16-25)17-20(26)23-21(18-9-5-3-6-10-18)19-11-7-4-8-12-19/h3-12,21H,2,13-17H2,1H3,(H,23,26). The van der Waals surface area contributed by atoms with Crippen molar-refractivity contribution in [2.75, 3.05) is 39.3 Å². The molecule has 0 radical (unpaired) electrons. The van der Waals surface area contributed by atoms with E-state index in [2.05, 4.69) is 10.2 Å². The van der Waals surface area contributed by atoms with Gasteiger partial charge in [0.2, 0.25) is 5.91 Å². The number of carbonyl (C=O) groups excluding carboxylic acids is 2. The highest BCUT2D eigenvalue weighted by Gasteiger charge is 2.24. The quantitative estimate of drug-likeness (QED) is 0.836. The highest BCUT2D eigenvalue weighted by atomic mass is 16.6. The molecule has 0 spiro atoms. The molecule has 1 aliphatic heterocycles. The Balaban J connectivity index is 1.59. The topological polar surface area (TPSA) is 61.9 Å². The number of benzene rings is 2. The molecule has 6 heteroatoms. The van der Waals surface area contributed by atoms with Gasteiger partial charge < -0.3 is 15.0 Å². The third kappa shape index (κ3) is 5.33. The molecular weight excluding hydrogens is 354 g/mol. The van der Waals surface area contributed by atoms with Crippen LogP contribution in [0.5, 0.6) is 0 Å². The summed E-state index contributed by atoms with van der Waals surface area (Å²) < 4.78 is 5.04. The lowest BCUT2D eigenvalue weighted by atomic mass is 9.99. The lowest BCUT2D eigenvalue weighted by Gasteiger charge is -2.33. The molecule has 28 heavy (non-hydrogen) atoms. The zero-order chi connectivity index (χ0) is 19.8. The van der Waals surface area contributed by atoms with Gasteiger partial charge in [-0.2, -0.15) is 0 Å². The van der Waals surface area contributed by atoms with Gasteiger partial charge in [0.15, 0.2) is 0 Å². The van der Waals surface area contributed by atoms with Crippen LogP contribution in [0.15, 0.2) is 60.7 Å². The van der Waals surface area contributed by atoms with E-state index in [4.69, 9.17) is 4.74 Å². The van der Waals surface area contributed by atoms with Crippen molar-refractivity contribution in [2.24, 2.45) is 0 Å². The fourth-order valence-corrected chi connectivity index (χ4v) is 3.36. The van der Waals surface area contributed by atoms with Crippen molar-refractivity contribution < 1.29 is 14.3 Å². The highest BCUT2D eigenvalue weighted by Crippen LogP contribution is 2.21. The van der Waals surface area contributed by atoms with Gasteiger partial charge in [-0.15, -0.1) is 0 Å². The highest BCUT2D eigenvalue weighted by molar-refractivity contribution is 5.79. The first-order valence-electron chi connectivity index (χ1n) is 9.70. The number of ether oxygens (including phenoxy) is 1. The molecule has 2 aromatic rings. The van der Waals surface area contributed by atoms with Crippen LogP contribution in [-0.4, -0.2) is 61.1 Å². The van der Waals surface area contributed by atoms with E-state index in [0.29, 0.717) is 39.3 Å². The fraction of sp³-hybridized carbons (Fsp3) is 0.364. The molecule has 1 saturated heterocycles. The minimum atomic E-state index is -0.278. The third-order valence-electron chi connectivity index (χ3n) is 4.84. The van der Waals surface area contributed by atoms with E-state index in [1.54, 1.807) is 11.8 Å². The van der Waals surface area contributed by atoms with Crippen molar-refractivity contribution in [3.63, 3.8) is 0 Å². The first-order valence-corrected chi connectivity index (χ1v) is 9.70. The Kier molecular flexibility index (Phi) is 7.03. The molecule has 0 unspecified atom stereocenters. The van der Waals surface area contributed by atoms with Crippen molar-refractivity contribution >= 4 is 12.0 Å². The maximum absolute atomic E-state index is 12.7. The minimum absolute atomic E-state index is 0.0257. The number of nitrogens with one attached hydrogen (secondary N) is 1. The van der Waals surface area contributed by atoms with Gasteiger partial charge in [-0.3, -0.25) is 9.69 Å². The number of rotatable bonds is 6. The molecule has 6 nitrogen and oxygen atoms in total. The molecule has 0 aromatic heterocycles. The second kappa shape index (κ2) is 9.90. The Labute approximate surface area is 166 Å². The van der Waals surface area contributed by atoms with Crippen LogP contribution in [0, 0.1) is 0 Å².